The number of fused-ring (bicyclic) bond motifs is 5. The molecule has 1 heterocycles. The number of amides is 1. The van der Waals surface area contributed by atoms with Gasteiger partial charge in [-0.15, -0.1) is 0 Å². The van der Waals surface area contributed by atoms with Crippen LogP contribution in [-0.2, 0) is 24.7 Å². The summed E-state index contributed by atoms with van der Waals surface area (Å²) in [5.41, 5.74) is -5.54. The van der Waals surface area contributed by atoms with E-state index in [2.05, 4.69) is 5.32 Å². The molecule has 7 atom stereocenters. The molecule has 200 valence electrons. The molecule has 0 radical (unpaired) electrons. The van der Waals surface area contributed by atoms with Crippen LogP contribution in [0.25, 0.3) is 0 Å². The zero-order chi connectivity index (χ0) is 27.2. The Bertz CT molecular complexity index is 1220. The smallest absolute Gasteiger partial charge is 0.221 e. The topological polar surface area (TPSA) is 133 Å². The average Bonchev–Trinajstić information content (AvgIpc) is 3.02. The van der Waals surface area contributed by atoms with Gasteiger partial charge in [0, 0.05) is 29.0 Å². The van der Waals surface area contributed by atoms with Crippen molar-refractivity contribution in [3.63, 3.8) is 0 Å². The summed E-state index contributed by atoms with van der Waals surface area (Å²) >= 11 is 0. The largest absolute Gasteiger partial charge is 0.387 e. The summed E-state index contributed by atoms with van der Waals surface area (Å²) in [5.74, 6) is -1.28. The molecule has 3 fully saturated rings. The van der Waals surface area contributed by atoms with Crippen LogP contribution < -0.4 is 5.32 Å². The van der Waals surface area contributed by atoms with Gasteiger partial charge in [0.1, 0.15) is 6.10 Å². The van der Waals surface area contributed by atoms with Crippen LogP contribution in [0.4, 0.5) is 5.69 Å². The van der Waals surface area contributed by atoms with Crippen molar-refractivity contribution < 1.29 is 34.4 Å². The molecule has 3 saturated carbocycles. The third-order valence-corrected chi connectivity index (χ3v) is 10.0. The van der Waals surface area contributed by atoms with Crippen molar-refractivity contribution >= 4 is 23.2 Å². The summed E-state index contributed by atoms with van der Waals surface area (Å²) < 4.78 is 6.06. The molecule has 8 heteroatoms. The van der Waals surface area contributed by atoms with Crippen LogP contribution in [0.1, 0.15) is 72.3 Å². The molecule has 1 aliphatic heterocycles. The highest BCUT2D eigenvalue weighted by molar-refractivity contribution is 6.00. The lowest BCUT2D eigenvalue weighted by Crippen LogP contribution is -2.68. The second-order valence-corrected chi connectivity index (χ2v) is 12.4. The molecule has 1 aromatic rings. The van der Waals surface area contributed by atoms with Crippen molar-refractivity contribution in [3.05, 3.63) is 41.5 Å². The van der Waals surface area contributed by atoms with E-state index in [-0.39, 0.29) is 24.0 Å². The first-order valence-corrected chi connectivity index (χ1v) is 13.1. The van der Waals surface area contributed by atoms with Gasteiger partial charge in [-0.3, -0.25) is 14.4 Å². The SMILES string of the molecule is CC(=O)Nc1ccccc1[C@]1(O)C[C@@H]2CC[C@@]3(O)C4=CC(=O)[C@@H](C(C)(C)O)O[C@H]4CC[C@]3(C)[C@@]2(C)C1=O. The van der Waals surface area contributed by atoms with Gasteiger partial charge >= 0.3 is 0 Å². The summed E-state index contributed by atoms with van der Waals surface area (Å²) in [7, 11) is 0. The minimum absolute atomic E-state index is 0.184. The highest BCUT2D eigenvalue weighted by Gasteiger charge is 2.75. The fraction of sp³-hybridized carbons (Fsp3) is 0.621. The van der Waals surface area contributed by atoms with Gasteiger partial charge in [0.2, 0.25) is 5.91 Å². The molecular weight excluding hydrogens is 474 g/mol. The normalized spacial score (nSPS) is 41.4. The van der Waals surface area contributed by atoms with Crippen molar-refractivity contribution in [2.75, 3.05) is 5.32 Å². The van der Waals surface area contributed by atoms with E-state index in [0.717, 1.165) is 0 Å². The van der Waals surface area contributed by atoms with Crippen LogP contribution in [0.3, 0.4) is 0 Å². The molecule has 3 aliphatic carbocycles. The molecule has 4 N–H and O–H groups in total. The molecule has 1 amide bonds. The number of anilines is 1. The Kier molecular flexibility index (Phi) is 5.71. The highest BCUT2D eigenvalue weighted by Crippen LogP contribution is 2.71. The molecule has 0 bridgehead atoms. The fourth-order valence-electron chi connectivity index (χ4n) is 7.92. The van der Waals surface area contributed by atoms with Crippen LogP contribution in [-0.4, -0.2) is 56.2 Å². The minimum atomic E-state index is -1.83. The van der Waals surface area contributed by atoms with E-state index in [4.69, 9.17) is 4.74 Å². The highest BCUT2D eigenvalue weighted by atomic mass is 16.5. The number of hydrogen-bond donors (Lipinski definition) is 4. The van der Waals surface area contributed by atoms with Crippen molar-refractivity contribution in [1.29, 1.82) is 0 Å². The van der Waals surface area contributed by atoms with Gasteiger partial charge < -0.3 is 25.4 Å². The van der Waals surface area contributed by atoms with E-state index in [1.807, 2.05) is 13.8 Å². The van der Waals surface area contributed by atoms with Gasteiger partial charge in [-0.25, -0.2) is 0 Å². The summed E-state index contributed by atoms with van der Waals surface area (Å²) in [4.78, 5) is 39.2. The fourth-order valence-corrected chi connectivity index (χ4v) is 7.92. The average molecular weight is 512 g/mol. The van der Waals surface area contributed by atoms with Gasteiger partial charge in [-0.2, -0.15) is 0 Å². The van der Waals surface area contributed by atoms with E-state index in [0.29, 0.717) is 42.5 Å². The minimum Gasteiger partial charge on any atom is -0.387 e. The number of nitrogens with one attached hydrogen (secondary N) is 1. The molecule has 0 aromatic heterocycles. The van der Waals surface area contributed by atoms with Gasteiger partial charge in [-0.1, -0.05) is 32.0 Å². The summed E-state index contributed by atoms with van der Waals surface area (Å²) in [6, 6.07) is 6.81. The first kappa shape index (κ1) is 26.2. The number of ketones is 2. The lowest BCUT2D eigenvalue weighted by Gasteiger charge is -2.64. The lowest BCUT2D eigenvalue weighted by molar-refractivity contribution is -0.211. The van der Waals surface area contributed by atoms with Crippen molar-refractivity contribution in [3.8, 4) is 0 Å². The number of ether oxygens (including phenoxy) is 1. The molecule has 0 unspecified atom stereocenters. The van der Waals surface area contributed by atoms with E-state index < -0.39 is 45.6 Å². The monoisotopic (exact) mass is 511 g/mol. The molecular formula is C29H37NO7. The van der Waals surface area contributed by atoms with E-state index in [1.54, 1.807) is 24.3 Å². The zero-order valence-corrected chi connectivity index (χ0v) is 22.1. The second kappa shape index (κ2) is 8.06. The van der Waals surface area contributed by atoms with Gasteiger partial charge in [0.25, 0.3) is 0 Å². The van der Waals surface area contributed by atoms with Crippen LogP contribution in [0.15, 0.2) is 35.9 Å². The Morgan fingerprint density at radius 3 is 2.43 bits per heavy atom. The number of Topliss-reactive ketones (excluding diaryl/α,β-unsaturated/α-hetero) is 1. The van der Waals surface area contributed by atoms with Crippen molar-refractivity contribution in [2.24, 2.45) is 16.7 Å². The third kappa shape index (κ3) is 3.38. The predicted molar refractivity (Wildman–Crippen MR) is 135 cm³/mol. The summed E-state index contributed by atoms with van der Waals surface area (Å²) in [6.45, 7) is 8.17. The van der Waals surface area contributed by atoms with Crippen LogP contribution in [0.5, 0.6) is 0 Å². The molecule has 0 spiro atoms. The Labute approximate surface area is 217 Å². The number of carbonyl (C=O) groups excluding carboxylic acids is 3. The maximum atomic E-state index is 14.4. The van der Waals surface area contributed by atoms with Crippen molar-refractivity contribution in [2.45, 2.75) is 95.7 Å². The van der Waals surface area contributed by atoms with Gasteiger partial charge in [0.15, 0.2) is 17.2 Å². The molecule has 0 saturated heterocycles. The van der Waals surface area contributed by atoms with Gasteiger partial charge in [-0.05, 0) is 69.6 Å². The third-order valence-electron chi connectivity index (χ3n) is 10.0. The Morgan fingerprint density at radius 1 is 1.11 bits per heavy atom. The Hall–Kier alpha value is -2.39. The zero-order valence-electron chi connectivity index (χ0n) is 22.1. The van der Waals surface area contributed by atoms with E-state index >= 15 is 0 Å². The first-order chi connectivity index (χ1) is 17.1. The maximum absolute atomic E-state index is 14.4. The molecule has 4 aliphatic rings. The van der Waals surface area contributed by atoms with Gasteiger partial charge in [0.05, 0.1) is 17.3 Å². The second-order valence-electron chi connectivity index (χ2n) is 12.4. The summed E-state index contributed by atoms with van der Waals surface area (Å²) in [5, 5.41) is 37.5. The molecule has 5 rings (SSSR count). The van der Waals surface area contributed by atoms with Crippen molar-refractivity contribution in [1.82, 2.24) is 0 Å². The predicted octanol–water partition coefficient (Wildman–Crippen LogP) is 2.79. The number of carbonyl (C=O) groups is 3. The van der Waals surface area contributed by atoms with Crippen LogP contribution in [0, 0.1) is 16.7 Å². The number of para-hydroxylation sites is 1. The molecule has 37 heavy (non-hydrogen) atoms. The number of aliphatic hydroxyl groups is 3. The van der Waals surface area contributed by atoms with E-state index in [9.17, 15) is 29.7 Å². The Balaban J connectivity index is 1.59. The number of benzene rings is 1. The molecule has 1 aromatic carbocycles. The summed E-state index contributed by atoms with van der Waals surface area (Å²) in [6.07, 6.45) is 1.77. The number of hydrogen-bond acceptors (Lipinski definition) is 7. The first-order valence-electron chi connectivity index (χ1n) is 13.1. The van der Waals surface area contributed by atoms with Crippen LogP contribution in [0.2, 0.25) is 0 Å². The van der Waals surface area contributed by atoms with E-state index in [1.165, 1.54) is 26.8 Å². The standard InChI is InChI=1S/C29H37NO7/c1-16(31)30-20-9-7-6-8-18(20)28(35)15-17-10-13-29(36)19-14-21(32)23(25(2,3)34)37-22(19)11-12-26(29,4)27(17,5)24(28)33/h6-9,14,17,22-23,34-36H,10-13,15H2,1-5H3,(H,30,31)/t17-,22-,23-,26+,27+,28+,29+/m0/s1. The quantitative estimate of drug-likeness (QED) is 0.490. The van der Waals surface area contributed by atoms with Crippen LogP contribution >= 0.6 is 0 Å². The lowest BCUT2D eigenvalue weighted by atomic mass is 9.42. The maximum Gasteiger partial charge on any atom is 0.221 e. The number of rotatable bonds is 3. The Morgan fingerprint density at radius 2 is 1.78 bits per heavy atom. The molecule has 8 nitrogen and oxygen atoms in total.